The van der Waals surface area contributed by atoms with Crippen LogP contribution in [0.15, 0.2) is 0 Å². The van der Waals surface area contributed by atoms with Gasteiger partial charge >= 0.3 is 0 Å². The van der Waals surface area contributed by atoms with Gasteiger partial charge in [0, 0.05) is 32.7 Å². The number of nitrogens with zero attached hydrogens (tertiary/aromatic N) is 2. The van der Waals surface area contributed by atoms with E-state index in [1.807, 2.05) is 25.7 Å². The standard InChI is InChI=1S/C14H27N3O/c1-14(2,3)12(15)13(18)17-8-6-16(7-9-17)10-11-4-5-11/h11-12H,4-10,15H2,1-3H3/t12-/m0/s1. The van der Waals surface area contributed by atoms with Crippen LogP contribution in [0.2, 0.25) is 0 Å². The largest absolute Gasteiger partial charge is 0.339 e. The summed E-state index contributed by atoms with van der Waals surface area (Å²) in [6.07, 6.45) is 2.79. The maximum atomic E-state index is 12.3. The molecular weight excluding hydrogens is 226 g/mol. The Balaban J connectivity index is 1.79. The van der Waals surface area contributed by atoms with Crippen LogP contribution >= 0.6 is 0 Å². The number of piperazine rings is 1. The smallest absolute Gasteiger partial charge is 0.240 e. The summed E-state index contributed by atoms with van der Waals surface area (Å²) in [5, 5.41) is 0. The van der Waals surface area contributed by atoms with E-state index in [4.69, 9.17) is 5.73 Å². The monoisotopic (exact) mass is 253 g/mol. The van der Waals surface area contributed by atoms with Gasteiger partial charge in [0.15, 0.2) is 0 Å². The fourth-order valence-electron chi connectivity index (χ4n) is 2.38. The summed E-state index contributed by atoms with van der Waals surface area (Å²) in [4.78, 5) is 16.7. The van der Waals surface area contributed by atoms with Gasteiger partial charge in [-0.1, -0.05) is 20.8 Å². The molecule has 1 saturated heterocycles. The molecule has 1 atom stereocenters. The highest BCUT2D eigenvalue weighted by Crippen LogP contribution is 2.30. The lowest BCUT2D eigenvalue weighted by atomic mass is 9.86. The second-order valence-corrected chi connectivity index (χ2v) is 6.91. The van der Waals surface area contributed by atoms with E-state index in [1.54, 1.807) is 0 Å². The average Bonchev–Trinajstić information content (AvgIpc) is 3.11. The second-order valence-electron chi connectivity index (χ2n) is 6.91. The Labute approximate surface area is 110 Å². The zero-order valence-electron chi connectivity index (χ0n) is 12.0. The number of carbonyl (C=O) groups is 1. The van der Waals surface area contributed by atoms with E-state index >= 15 is 0 Å². The highest BCUT2D eigenvalue weighted by atomic mass is 16.2. The van der Waals surface area contributed by atoms with E-state index in [-0.39, 0.29) is 17.4 Å². The molecule has 2 aliphatic rings. The molecule has 0 radical (unpaired) electrons. The molecule has 2 N–H and O–H groups in total. The zero-order valence-corrected chi connectivity index (χ0v) is 12.0. The van der Waals surface area contributed by atoms with Crippen LogP contribution in [-0.2, 0) is 4.79 Å². The van der Waals surface area contributed by atoms with Crippen LogP contribution in [0.1, 0.15) is 33.6 Å². The topological polar surface area (TPSA) is 49.6 Å². The lowest BCUT2D eigenvalue weighted by Crippen LogP contribution is -2.56. The molecular formula is C14H27N3O. The summed E-state index contributed by atoms with van der Waals surface area (Å²) in [6.45, 7) is 11.0. The molecule has 0 spiro atoms. The highest BCUT2D eigenvalue weighted by molar-refractivity contribution is 5.82. The molecule has 2 rings (SSSR count). The van der Waals surface area contributed by atoms with Crippen LogP contribution in [0.4, 0.5) is 0 Å². The Morgan fingerprint density at radius 1 is 1.22 bits per heavy atom. The molecule has 18 heavy (non-hydrogen) atoms. The van der Waals surface area contributed by atoms with Crippen molar-refractivity contribution in [3.8, 4) is 0 Å². The number of nitrogens with two attached hydrogens (primary N) is 1. The number of rotatable bonds is 3. The Morgan fingerprint density at radius 3 is 2.22 bits per heavy atom. The normalized spacial score (nSPS) is 24.1. The van der Waals surface area contributed by atoms with Gasteiger partial charge in [-0.3, -0.25) is 9.69 Å². The van der Waals surface area contributed by atoms with Gasteiger partial charge in [0.1, 0.15) is 0 Å². The predicted molar refractivity (Wildman–Crippen MR) is 73.2 cm³/mol. The van der Waals surface area contributed by atoms with Crippen LogP contribution in [0.25, 0.3) is 0 Å². The van der Waals surface area contributed by atoms with Gasteiger partial charge < -0.3 is 10.6 Å². The molecule has 4 heteroatoms. The molecule has 1 aliphatic carbocycles. The third-order valence-electron chi connectivity index (χ3n) is 4.10. The molecule has 0 bridgehead atoms. The average molecular weight is 253 g/mol. The van der Waals surface area contributed by atoms with E-state index in [9.17, 15) is 4.79 Å². The van der Waals surface area contributed by atoms with Crippen molar-refractivity contribution in [2.75, 3.05) is 32.7 Å². The Hall–Kier alpha value is -0.610. The Morgan fingerprint density at radius 2 is 1.78 bits per heavy atom. The van der Waals surface area contributed by atoms with Crippen molar-refractivity contribution in [3.05, 3.63) is 0 Å². The Kier molecular flexibility index (Phi) is 3.97. The predicted octanol–water partition coefficient (Wildman–Crippen LogP) is 0.914. The third kappa shape index (κ3) is 3.45. The summed E-state index contributed by atoms with van der Waals surface area (Å²) in [7, 11) is 0. The van der Waals surface area contributed by atoms with Crippen LogP contribution < -0.4 is 5.73 Å². The van der Waals surface area contributed by atoms with E-state index in [0.717, 1.165) is 32.1 Å². The maximum Gasteiger partial charge on any atom is 0.240 e. The second kappa shape index (κ2) is 5.17. The van der Waals surface area contributed by atoms with Crippen LogP contribution in [0, 0.1) is 11.3 Å². The van der Waals surface area contributed by atoms with Crippen molar-refractivity contribution < 1.29 is 4.79 Å². The molecule has 1 heterocycles. The van der Waals surface area contributed by atoms with E-state index in [2.05, 4.69) is 4.90 Å². The van der Waals surface area contributed by atoms with Crippen molar-refractivity contribution in [2.45, 2.75) is 39.7 Å². The molecule has 2 fully saturated rings. The lowest BCUT2D eigenvalue weighted by Gasteiger charge is -2.38. The van der Waals surface area contributed by atoms with Gasteiger partial charge in [0.2, 0.25) is 5.91 Å². The van der Waals surface area contributed by atoms with Crippen molar-refractivity contribution in [1.82, 2.24) is 9.80 Å². The molecule has 4 nitrogen and oxygen atoms in total. The van der Waals surface area contributed by atoms with Gasteiger partial charge in [0.25, 0.3) is 0 Å². The van der Waals surface area contributed by atoms with Crippen LogP contribution in [0.5, 0.6) is 0 Å². The molecule has 1 amide bonds. The minimum atomic E-state index is -0.382. The number of hydrogen-bond acceptors (Lipinski definition) is 3. The molecule has 1 saturated carbocycles. The summed E-state index contributed by atoms with van der Waals surface area (Å²) in [5.74, 6) is 1.05. The first-order valence-electron chi connectivity index (χ1n) is 7.14. The van der Waals surface area contributed by atoms with Crippen molar-refractivity contribution >= 4 is 5.91 Å². The van der Waals surface area contributed by atoms with Gasteiger partial charge in [0.05, 0.1) is 6.04 Å². The molecule has 0 aromatic heterocycles. The van der Waals surface area contributed by atoms with Crippen LogP contribution in [0.3, 0.4) is 0 Å². The minimum absolute atomic E-state index is 0.119. The SMILES string of the molecule is CC(C)(C)[C@@H](N)C(=O)N1CCN(CC2CC2)CC1. The van der Waals surface area contributed by atoms with Crippen molar-refractivity contribution in [3.63, 3.8) is 0 Å². The molecule has 1 aliphatic heterocycles. The Bertz CT molecular complexity index is 299. The molecule has 0 aromatic rings. The number of hydrogen-bond donors (Lipinski definition) is 1. The van der Waals surface area contributed by atoms with Gasteiger partial charge in [-0.15, -0.1) is 0 Å². The van der Waals surface area contributed by atoms with Crippen LogP contribution in [-0.4, -0.2) is 54.5 Å². The number of amides is 1. The summed E-state index contributed by atoms with van der Waals surface area (Å²) < 4.78 is 0. The first kappa shape index (κ1) is 13.8. The van der Waals surface area contributed by atoms with Gasteiger partial charge in [-0.25, -0.2) is 0 Å². The fourth-order valence-corrected chi connectivity index (χ4v) is 2.38. The van der Waals surface area contributed by atoms with E-state index in [1.165, 1.54) is 19.4 Å². The van der Waals surface area contributed by atoms with E-state index < -0.39 is 0 Å². The maximum absolute atomic E-state index is 12.3. The van der Waals surface area contributed by atoms with Gasteiger partial charge in [-0.2, -0.15) is 0 Å². The van der Waals surface area contributed by atoms with Gasteiger partial charge in [-0.05, 0) is 24.2 Å². The lowest BCUT2D eigenvalue weighted by molar-refractivity contribution is -0.136. The summed E-state index contributed by atoms with van der Waals surface area (Å²) in [6, 6.07) is -0.382. The summed E-state index contributed by atoms with van der Waals surface area (Å²) in [5.41, 5.74) is 5.90. The molecule has 0 aromatic carbocycles. The molecule has 0 unspecified atom stereocenters. The minimum Gasteiger partial charge on any atom is -0.339 e. The highest BCUT2D eigenvalue weighted by Gasteiger charge is 2.33. The quantitative estimate of drug-likeness (QED) is 0.813. The summed E-state index contributed by atoms with van der Waals surface area (Å²) >= 11 is 0. The van der Waals surface area contributed by atoms with Crippen molar-refractivity contribution in [1.29, 1.82) is 0 Å². The first-order chi connectivity index (χ1) is 8.38. The number of carbonyl (C=O) groups excluding carboxylic acids is 1. The third-order valence-corrected chi connectivity index (χ3v) is 4.10. The first-order valence-corrected chi connectivity index (χ1v) is 7.14. The zero-order chi connectivity index (χ0) is 13.3. The van der Waals surface area contributed by atoms with Crippen molar-refractivity contribution in [2.24, 2.45) is 17.1 Å². The fraction of sp³-hybridized carbons (Fsp3) is 0.929. The molecule has 104 valence electrons. The van der Waals surface area contributed by atoms with E-state index in [0.29, 0.717) is 0 Å².